The van der Waals surface area contributed by atoms with Crippen LogP contribution in [-0.4, -0.2) is 44.7 Å². The van der Waals surface area contributed by atoms with Crippen LogP contribution in [0.4, 0.5) is 0 Å². The van der Waals surface area contributed by atoms with Crippen molar-refractivity contribution in [3.63, 3.8) is 0 Å². The fourth-order valence-corrected chi connectivity index (χ4v) is 1.64. The normalized spacial score (nSPS) is 10.2. The molecule has 0 aliphatic heterocycles. The van der Waals surface area contributed by atoms with Gasteiger partial charge in [-0.25, -0.2) is 0 Å². The summed E-state index contributed by atoms with van der Waals surface area (Å²) in [6, 6.07) is 9.90. The lowest BCUT2D eigenvalue weighted by atomic mass is 10.2. The number of benzene rings is 1. The van der Waals surface area contributed by atoms with Crippen molar-refractivity contribution in [1.29, 1.82) is 0 Å². The summed E-state index contributed by atoms with van der Waals surface area (Å²) in [5.74, 6) is 0. The maximum Gasteiger partial charge on any atom is 0.0718 e. The average Bonchev–Trinajstić information content (AvgIpc) is 2.59. The Morgan fingerprint density at radius 3 is 1.78 bits per heavy atom. The molecule has 4 heteroatoms. The van der Waals surface area contributed by atoms with Gasteiger partial charge in [0.05, 0.1) is 33.0 Å². The zero-order valence-corrected chi connectivity index (χ0v) is 14.8. The standard InChI is InChI=1S/C10H22O2.C9H12O2/c1-3-5-7-11-9-10-12-8-6-4-2;10-6-7-11-8-9-4-2-1-3-5-9/h3-10H2,1-2H3;1-5,10H,6-8H2. The molecule has 23 heavy (non-hydrogen) atoms. The molecule has 4 nitrogen and oxygen atoms in total. The minimum Gasteiger partial charge on any atom is -0.394 e. The lowest BCUT2D eigenvalue weighted by molar-refractivity contribution is 0.0457. The Morgan fingerprint density at radius 1 is 0.739 bits per heavy atom. The van der Waals surface area contributed by atoms with Gasteiger partial charge in [-0.15, -0.1) is 0 Å². The number of hydrogen-bond donors (Lipinski definition) is 1. The lowest BCUT2D eigenvalue weighted by Gasteiger charge is -2.03. The van der Waals surface area contributed by atoms with Crippen LogP contribution in [0, 0.1) is 0 Å². The van der Waals surface area contributed by atoms with Gasteiger partial charge < -0.3 is 19.3 Å². The zero-order chi connectivity index (χ0) is 17.0. The van der Waals surface area contributed by atoms with E-state index in [0.29, 0.717) is 13.2 Å². The number of aliphatic hydroxyl groups excluding tert-OH is 1. The number of aliphatic hydroxyl groups is 1. The van der Waals surface area contributed by atoms with E-state index in [1.807, 2.05) is 30.3 Å². The molecular formula is C19H34O4. The van der Waals surface area contributed by atoms with E-state index in [4.69, 9.17) is 19.3 Å². The van der Waals surface area contributed by atoms with E-state index in [1.165, 1.54) is 12.8 Å². The summed E-state index contributed by atoms with van der Waals surface area (Å²) < 4.78 is 15.8. The fraction of sp³-hybridized carbons (Fsp3) is 0.684. The first-order valence-corrected chi connectivity index (χ1v) is 8.73. The summed E-state index contributed by atoms with van der Waals surface area (Å²) in [5, 5.41) is 8.42. The molecule has 0 aromatic heterocycles. The molecule has 0 heterocycles. The summed E-state index contributed by atoms with van der Waals surface area (Å²) >= 11 is 0. The van der Waals surface area contributed by atoms with E-state index < -0.39 is 0 Å². The molecule has 1 N–H and O–H groups in total. The van der Waals surface area contributed by atoms with E-state index in [-0.39, 0.29) is 6.61 Å². The van der Waals surface area contributed by atoms with Gasteiger partial charge in [-0.3, -0.25) is 0 Å². The highest BCUT2D eigenvalue weighted by Crippen LogP contribution is 1.99. The molecule has 0 aliphatic rings. The second-order valence-corrected chi connectivity index (χ2v) is 5.19. The zero-order valence-electron chi connectivity index (χ0n) is 14.8. The van der Waals surface area contributed by atoms with Crippen LogP contribution in [0.5, 0.6) is 0 Å². The van der Waals surface area contributed by atoms with Crippen molar-refractivity contribution in [3.8, 4) is 0 Å². The van der Waals surface area contributed by atoms with Gasteiger partial charge in [-0.05, 0) is 18.4 Å². The van der Waals surface area contributed by atoms with Crippen LogP contribution < -0.4 is 0 Å². The summed E-state index contributed by atoms with van der Waals surface area (Å²) in [7, 11) is 0. The molecule has 0 saturated heterocycles. The minimum absolute atomic E-state index is 0.0901. The number of unbranched alkanes of at least 4 members (excludes halogenated alkanes) is 2. The predicted octanol–water partition coefficient (Wildman–Crippen LogP) is 3.82. The Hall–Kier alpha value is -0.940. The van der Waals surface area contributed by atoms with Crippen LogP contribution in [-0.2, 0) is 20.8 Å². The quantitative estimate of drug-likeness (QED) is 0.560. The van der Waals surface area contributed by atoms with Crippen LogP contribution in [0.3, 0.4) is 0 Å². The largest absolute Gasteiger partial charge is 0.394 e. The molecule has 0 saturated carbocycles. The molecule has 0 amide bonds. The first-order chi connectivity index (χ1) is 11.3. The Bertz CT molecular complexity index is 306. The van der Waals surface area contributed by atoms with Crippen LogP contribution >= 0.6 is 0 Å². The average molecular weight is 326 g/mol. The van der Waals surface area contributed by atoms with E-state index in [1.54, 1.807) is 0 Å². The van der Waals surface area contributed by atoms with Crippen molar-refractivity contribution < 1.29 is 19.3 Å². The van der Waals surface area contributed by atoms with Gasteiger partial charge in [-0.1, -0.05) is 57.0 Å². The maximum absolute atomic E-state index is 8.42. The maximum atomic E-state index is 8.42. The third-order valence-corrected chi connectivity index (χ3v) is 3.00. The van der Waals surface area contributed by atoms with Crippen molar-refractivity contribution in [2.24, 2.45) is 0 Å². The molecule has 0 atom stereocenters. The third-order valence-electron chi connectivity index (χ3n) is 3.00. The van der Waals surface area contributed by atoms with Gasteiger partial charge in [0, 0.05) is 13.2 Å². The molecule has 0 bridgehead atoms. The summed E-state index contributed by atoms with van der Waals surface area (Å²) in [5.41, 5.74) is 1.14. The first kappa shape index (κ1) is 22.1. The first-order valence-electron chi connectivity index (χ1n) is 8.73. The highest BCUT2D eigenvalue weighted by atomic mass is 16.5. The second kappa shape index (κ2) is 19.1. The molecule has 1 rings (SSSR count). The van der Waals surface area contributed by atoms with Gasteiger partial charge >= 0.3 is 0 Å². The van der Waals surface area contributed by atoms with Crippen LogP contribution in [0.1, 0.15) is 45.1 Å². The Labute approximate surface area is 141 Å². The van der Waals surface area contributed by atoms with Crippen molar-refractivity contribution in [1.82, 2.24) is 0 Å². The van der Waals surface area contributed by atoms with Crippen LogP contribution in [0.2, 0.25) is 0 Å². The van der Waals surface area contributed by atoms with E-state index in [9.17, 15) is 0 Å². The third kappa shape index (κ3) is 17.2. The SMILES string of the molecule is CCCCOCCOCCCC.OCCOCc1ccccc1. The Morgan fingerprint density at radius 2 is 1.30 bits per heavy atom. The fourth-order valence-electron chi connectivity index (χ4n) is 1.64. The van der Waals surface area contributed by atoms with Crippen molar-refractivity contribution in [2.45, 2.75) is 46.1 Å². The van der Waals surface area contributed by atoms with E-state index >= 15 is 0 Å². The van der Waals surface area contributed by atoms with Gasteiger partial charge in [-0.2, -0.15) is 0 Å². The summed E-state index contributed by atoms with van der Waals surface area (Å²) in [6.07, 6.45) is 4.73. The van der Waals surface area contributed by atoms with Crippen molar-refractivity contribution in [2.75, 3.05) is 39.6 Å². The number of rotatable bonds is 13. The molecule has 0 spiro atoms. The van der Waals surface area contributed by atoms with Gasteiger partial charge in [0.2, 0.25) is 0 Å². The van der Waals surface area contributed by atoms with Gasteiger partial charge in [0.25, 0.3) is 0 Å². The van der Waals surface area contributed by atoms with E-state index in [0.717, 1.165) is 44.8 Å². The molecule has 0 radical (unpaired) electrons. The highest BCUT2D eigenvalue weighted by Gasteiger charge is 1.89. The topological polar surface area (TPSA) is 47.9 Å². The molecule has 134 valence electrons. The molecule has 0 aliphatic carbocycles. The highest BCUT2D eigenvalue weighted by molar-refractivity contribution is 5.13. The van der Waals surface area contributed by atoms with Crippen LogP contribution in [0.25, 0.3) is 0 Å². The molecule has 0 fully saturated rings. The monoisotopic (exact) mass is 326 g/mol. The second-order valence-electron chi connectivity index (χ2n) is 5.19. The van der Waals surface area contributed by atoms with E-state index in [2.05, 4.69) is 13.8 Å². The van der Waals surface area contributed by atoms with Gasteiger partial charge in [0.1, 0.15) is 0 Å². The molecule has 0 unspecified atom stereocenters. The minimum atomic E-state index is 0.0901. The lowest BCUT2D eigenvalue weighted by Crippen LogP contribution is -2.05. The summed E-state index contributed by atoms with van der Waals surface area (Å²) in [6.45, 7) is 8.69. The molecular weight excluding hydrogens is 292 g/mol. The van der Waals surface area contributed by atoms with Crippen molar-refractivity contribution in [3.05, 3.63) is 35.9 Å². The number of hydrogen-bond acceptors (Lipinski definition) is 4. The Balaban J connectivity index is 0.000000422. The van der Waals surface area contributed by atoms with Gasteiger partial charge in [0.15, 0.2) is 0 Å². The molecule has 1 aromatic rings. The summed E-state index contributed by atoms with van der Waals surface area (Å²) in [4.78, 5) is 0. The van der Waals surface area contributed by atoms with Crippen molar-refractivity contribution >= 4 is 0 Å². The number of ether oxygens (including phenoxy) is 3. The van der Waals surface area contributed by atoms with Crippen LogP contribution in [0.15, 0.2) is 30.3 Å². The predicted molar refractivity (Wildman–Crippen MR) is 94.6 cm³/mol. The molecule has 1 aromatic carbocycles. The smallest absolute Gasteiger partial charge is 0.0718 e. The Kier molecular flexibility index (Phi) is 18.3.